The Hall–Kier alpha value is -3.35. The Kier molecular flexibility index (Phi) is 4.10. The fourth-order valence-electron chi connectivity index (χ4n) is 4.80. The summed E-state index contributed by atoms with van der Waals surface area (Å²) in [5.74, 6) is -0.0692. The van der Waals surface area contributed by atoms with Crippen LogP contribution in [0.4, 0.5) is 4.79 Å². The molecule has 3 aromatic rings. The summed E-state index contributed by atoms with van der Waals surface area (Å²) < 4.78 is 6.09. The largest absolute Gasteiger partial charge is 0.450 e. The van der Waals surface area contributed by atoms with Crippen molar-refractivity contribution in [1.29, 1.82) is 0 Å². The molecule has 0 saturated carbocycles. The van der Waals surface area contributed by atoms with Crippen LogP contribution < -0.4 is 10.6 Å². The van der Waals surface area contributed by atoms with Crippen molar-refractivity contribution in [1.82, 2.24) is 15.5 Å². The number of carbonyl (C=O) groups excluding carboxylic acids is 3. The highest BCUT2D eigenvalue weighted by Gasteiger charge is 2.49. The van der Waals surface area contributed by atoms with Crippen molar-refractivity contribution < 1.29 is 18.8 Å². The number of urea groups is 1. The molecule has 30 heavy (non-hydrogen) atoms. The van der Waals surface area contributed by atoms with Gasteiger partial charge in [-0.1, -0.05) is 36.4 Å². The maximum atomic E-state index is 13.2. The quantitative estimate of drug-likeness (QED) is 0.640. The molecule has 2 aromatic carbocycles. The fraction of sp³-hybridized carbons (Fsp3) is 0.348. The molecule has 1 unspecified atom stereocenters. The molecule has 2 aliphatic heterocycles. The predicted molar refractivity (Wildman–Crippen MR) is 112 cm³/mol. The van der Waals surface area contributed by atoms with Gasteiger partial charge in [0, 0.05) is 29.4 Å². The summed E-state index contributed by atoms with van der Waals surface area (Å²) in [6, 6.07) is 11.6. The van der Waals surface area contributed by atoms with Gasteiger partial charge in [0.2, 0.25) is 0 Å². The molecule has 5 rings (SSSR count). The molecule has 0 bridgehead atoms. The van der Waals surface area contributed by atoms with E-state index < -0.39 is 11.6 Å². The number of amides is 4. The summed E-state index contributed by atoms with van der Waals surface area (Å²) in [5.41, 5.74) is 0.666. The lowest BCUT2D eigenvalue weighted by molar-refractivity contribution is -0.125. The number of hydrogen-bond donors (Lipinski definition) is 2. The summed E-state index contributed by atoms with van der Waals surface area (Å²) in [6.07, 6.45) is 1.27. The molecule has 2 saturated heterocycles. The minimum atomic E-state index is -0.916. The number of imide groups is 1. The SMILES string of the molecule is Cc1c(C(=O)N2CCC(C3(C)NC(=O)NC3=O)CC2)oc2c1ccc1ccccc12. The second-order valence-electron chi connectivity index (χ2n) is 8.40. The van der Waals surface area contributed by atoms with Gasteiger partial charge in [0.1, 0.15) is 11.1 Å². The van der Waals surface area contributed by atoms with Crippen LogP contribution >= 0.6 is 0 Å². The highest BCUT2D eigenvalue weighted by molar-refractivity contribution is 6.09. The molecule has 0 spiro atoms. The molecule has 3 heterocycles. The van der Waals surface area contributed by atoms with Crippen molar-refractivity contribution in [3.8, 4) is 0 Å². The van der Waals surface area contributed by atoms with Crippen LogP contribution in [-0.4, -0.2) is 41.4 Å². The van der Waals surface area contributed by atoms with E-state index in [0.29, 0.717) is 31.7 Å². The Morgan fingerprint density at radius 2 is 1.83 bits per heavy atom. The van der Waals surface area contributed by atoms with Crippen molar-refractivity contribution in [3.05, 3.63) is 47.7 Å². The van der Waals surface area contributed by atoms with Gasteiger partial charge in [-0.2, -0.15) is 0 Å². The Morgan fingerprint density at radius 3 is 2.53 bits per heavy atom. The topological polar surface area (TPSA) is 91.7 Å². The zero-order valence-electron chi connectivity index (χ0n) is 17.0. The molecular weight excluding hydrogens is 382 g/mol. The molecule has 0 radical (unpaired) electrons. The number of nitrogens with one attached hydrogen (secondary N) is 2. The minimum absolute atomic E-state index is 0.0197. The highest BCUT2D eigenvalue weighted by atomic mass is 16.3. The first-order valence-electron chi connectivity index (χ1n) is 10.2. The van der Waals surface area contributed by atoms with Gasteiger partial charge >= 0.3 is 6.03 Å². The molecule has 154 valence electrons. The first-order chi connectivity index (χ1) is 14.4. The number of aryl methyl sites for hydroxylation is 1. The molecule has 2 fully saturated rings. The van der Waals surface area contributed by atoms with Crippen LogP contribution in [0.5, 0.6) is 0 Å². The molecule has 1 atom stereocenters. The first kappa shape index (κ1) is 18.7. The smallest absolute Gasteiger partial charge is 0.322 e. The number of carbonyl (C=O) groups is 3. The summed E-state index contributed by atoms with van der Waals surface area (Å²) >= 11 is 0. The van der Waals surface area contributed by atoms with E-state index in [1.54, 1.807) is 11.8 Å². The predicted octanol–water partition coefficient (Wildman–Crippen LogP) is 3.34. The molecule has 2 N–H and O–H groups in total. The van der Waals surface area contributed by atoms with Gasteiger partial charge in [0.15, 0.2) is 5.76 Å². The van der Waals surface area contributed by atoms with Gasteiger partial charge in [-0.15, -0.1) is 0 Å². The van der Waals surface area contributed by atoms with E-state index in [-0.39, 0.29) is 17.7 Å². The third-order valence-electron chi connectivity index (χ3n) is 6.69. The molecular formula is C23H23N3O4. The molecule has 4 amide bonds. The number of benzene rings is 2. The van der Waals surface area contributed by atoms with E-state index in [0.717, 1.165) is 27.3 Å². The van der Waals surface area contributed by atoms with Crippen LogP contribution in [0.15, 0.2) is 40.8 Å². The van der Waals surface area contributed by atoms with Crippen molar-refractivity contribution in [2.75, 3.05) is 13.1 Å². The lowest BCUT2D eigenvalue weighted by atomic mass is 9.79. The minimum Gasteiger partial charge on any atom is -0.450 e. The number of hydrogen-bond acceptors (Lipinski definition) is 4. The highest BCUT2D eigenvalue weighted by Crippen LogP contribution is 2.34. The van der Waals surface area contributed by atoms with Crippen LogP contribution in [0.2, 0.25) is 0 Å². The number of furan rings is 1. The van der Waals surface area contributed by atoms with E-state index in [4.69, 9.17) is 4.42 Å². The van der Waals surface area contributed by atoms with Gasteiger partial charge in [0.25, 0.3) is 11.8 Å². The van der Waals surface area contributed by atoms with Gasteiger partial charge in [-0.3, -0.25) is 14.9 Å². The maximum absolute atomic E-state index is 13.2. The van der Waals surface area contributed by atoms with Gasteiger partial charge in [-0.05, 0) is 38.0 Å². The average Bonchev–Trinajstić information content (AvgIpc) is 3.23. The Balaban J connectivity index is 1.39. The number of piperidine rings is 1. The van der Waals surface area contributed by atoms with Crippen molar-refractivity contribution in [2.45, 2.75) is 32.2 Å². The van der Waals surface area contributed by atoms with E-state index in [1.165, 1.54) is 0 Å². The monoisotopic (exact) mass is 405 g/mol. The lowest BCUT2D eigenvalue weighted by Gasteiger charge is -2.38. The van der Waals surface area contributed by atoms with Crippen molar-refractivity contribution in [2.24, 2.45) is 5.92 Å². The Labute approximate surface area is 173 Å². The van der Waals surface area contributed by atoms with Gasteiger partial charge in [-0.25, -0.2) is 4.79 Å². The number of nitrogens with zero attached hydrogens (tertiary/aromatic N) is 1. The van der Waals surface area contributed by atoms with E-state index in [9.17, 15) is 14.4 Å². The van der Waals surface area contributed by atoms with Gasteiger partial charge in [0.05, 0.1) is 0 Å². The number of likely N-dealkylation sites (tertiary alicyclic amines) is 1. The summed E-state index contributed by atoms with van der Waals surface area (Å²) in [7, 11) is 0. The summed E-state index contributed by atoms with van der Waals surface area (Å²) in [5, 5.41) is 8.08. The van der Waals surface area contributed by atoms with Crippen LogP contribution in [0.3, 0.4) is 0 Å². The second-order valence-corrected chi connectivity index (χ2v) is 8.40. The van der Waals surface area contributed by atoms with Crippen LogP contribution in [0.1, 0.15) is 35.9 Å². The lowest BCUT2D eigenvalue weighted by Crippen LogP contribution is -2.54. The van der Waals surface area contributed by atoms with Crippen molar-refractivity contribution >= 4 is 39.6 Å². The molecule has 0 aliphatic carbocycles. The number of rotatable bonds is 2. The van der Waals surface area contributed by atoms with Crippen LogP contribution in [0, 0.1) is 12.8 Å². The molecule has 1 aromatic heterocycles. The molecule has 7 nitrogen and oxygen atoms in total. The van der Waals surface area contributed by atoms with Crippen LogP contribution in [-0.2, 0) is 4.79 Å². The van der Waals surface area contributed by atoms with E-state index in [1.807, 2.05) is 43.3 Å². The maximum Gasteiger partial charge on any atom is 0.322 e. The third-order valence-corrected chi connectivity index (χ3v) is 6.69. The average molecular weight is 405 g/mol. The van der Waals surface area contributed by atoms with E-state index in [2.05, 4.69) is 10.6 Å². The zero-order valence-corrected chi connectivity index (χ0v) is 17.0. The molecule has 2 aliphatic rings. The second kappa shape index (κ2) is 6.58. The van der Waals surface area contributed by atoms with Crippen LogP contribution in [0.25, 0.3) is 21.7 Å². The van der Waals surface area contributed by atoms with Gasteiger partial charge < -0.3 is 14.6 Å². The Morgan fingerprint density at radius 1 is 1.10 bits per heavy atom. The third kappa shape index (κ3) is 2.69. The first-order valence-corrected chi connectivity index (χ1v) is 10.2. The zero-order chi connectivity index (χ0) is 21.0. The standard InChI is InChI=1S/C23H23N3O4/c1-13-16-8-7-14-5-3-4-6-17(14)19(16)30-18(13)20(27)26-11-9-15(10-12-26)23(2)21(28)24-22(29)25-23/h3-8,15H,9-12H2,1-2H3,(H2,24,25,28,29). The van der Waals surface area contributed by atoms with E-state index >= 15 is 0 Å². The Bertz CT molecular complexity index is 1210. The molecule has 7 heteroatoms. The summed E-state index contributed by atoms with van der Waals surface area (Å²) in [6.45, 7) is 4.70. The number of fused-ring (bicyclic) bond motifs is 3. The van der Waals surface area contributed by atoms with Crippen molar-refractivity contribution in [3.63, 3.8) is 0 Å². The normalized spacial score (nSPS) is 22.5. The summed E-state index contributed by atoms with van der Waals surface area (Å²) in [4.78, 5) is 38.8. The fourth-order valence-corrected chi connectivity index (χ4v) is 4.80.